The molecule has 0 atom stereocenters. The topological polar surface area (TPSA) is 58.4 Å². The van der Waals surface area contributed by atoms with Crippen molar-refractivity contribution < 1.29 is 9.18 Å². The van der Waals surface area contributed by atoms with Crippen LogP contribution in [0.2, 0.25) is 0 Å². The number of halogens is 2. The predicted octanol–water partition coefficient (Wildman–Crippen LogP) is 2.38. The Morgan fingerprint density at radius 2 is 2.25 bits per heavy atom. The van der Waals surface area contributed by atoms with E-state index in [1.54, 1.807) is 0 Å². The number of hydrogen-bond acceptors (Lipinski definition) is 3. The number of rotatable bonds is 6. The smallest absolute Gasteiger partial charge is 0.252 e. The third kappa shape index (κ3) is 3.70. The van der Waals surface area contributed by atoms with E-state index in [1.165, 1.54) is 25.0 Å². The van der Waals surface area contributed by atoms with E-state index in [0.29, 0.717) is 22.6 Å². The Bertz CT molecular complexity index is 505. The van der Waals surface area contributed by atoms with Crippen molar-refractivity contribution in [3.63, 3.8) is 0 Å². The molecule has 0 saturated heterocycles. The van der Waals surface area contributed by atoms with Crippen LogP contribution in [0.15, 0.2) is 16.6 Å². The molecule has 1 fully saturated rings. The molecule has 1 aliphatic carbocycles. The zero-order valence-electron chi connectivity index (χ0n) is 11.5. The molecule has 0 heterocycles. The van der Waals surface area contributed by atoms with Gasteiger partial charge in [-0.15, -0.1) is 0 Å². The van der Waals surface area contributed by atoms with E-state index in [2.05, 4.69) is 33.1 Å². The zero-order valence-corrected chi connectivity index (χ0v) is 13.0. The molecule has 0 bridgehead atoms. The van der Waals surface area contributed by atoms with Crippen LogP contribution < -0.4 is 11.1 Å². The molecule has 1 aromatic carbocycles. The Morgan fingerprint density at radius 3 is 2.85 bits per heavy atom. The fourth-order valence-electron chi connectivity index (χ4n) is 2.19. The molecule has 1 aliphatic rings. The average Bonchev–Trinajstić information content (AvgIpc) is 3.23. The Kier molecular flexibility index (Phi) is 4.99. The van der Waals surface area contributed by atoms with Gasteiger partial charge >= 0.3 is 0 Å². The summed E-state index contributed by atoms with van der Waals surface area (Å²) in [6, 6.07) is 3.25. The second kappa shape index (κ2) is 6.54. The van der Waals surface area contributed by atoms with E-state index in [-0.39, 0.29) is 11.6 Å². The number of nitrogen functional groups attached to an aromatic ring is 1. The van der Waals surface area contributed by atoms with Crippen molar-refractivity contribution >= 4 is 27.5 Å². The molecule has 20 heavy (non-hydrogen) atoms. The van der Waals surface area contributed by atoms with Gasteiger partial charge in [-0.1, -0.05) is 6.92 Å². The summed E-state index contributed by atoms with van der Waals surface area (Å²) in [5.41, 5.74) is 5.83. The van der Waals surface area contributed by atoms with Gasteiger partial charge in [0, 0.05) is 23.6 Å². The van der Waals surface area contributed by atoms with Crippen LogP contribution in [0.25, 0.3) is 0 Å². The Labute approximate surface area is 126 Å². The number of nitrogens with zero attached hydrogens (tertiary/aromatic N) is 1. The maximum Gasteiger partial charge on any atom is 0.252 e. The Hall–Kier alpha value is -1.14. The summed E-state index contributed by atoms with van der Waals surface area (Å²) in [5.74, 6) is -0.769. The van der Waals surface area contributed by atoms with Gasteiger partial charge in [0.2, 0.25) is 0 Å². The number of carbonyl (C=O) groups excluding carboxylic acids is 1. The van der Waals surface area contributed by atoms with Crippen molar-refractivity contribution in [2.75, 3.05) is 25.4 Å². The monoisotopic (exact) mass is 343 g/mol. The van der Waals surface area contributed by atoms with E-state index < -0.39 is 5.82 Å². The highest BCUT2D eigenvalue weighted by Gasteiger charge is 2.27. The molecule has 4 nitrogen and oxygen atoms in total. The molecule has 1 saturated carbocycles. The number of anilines is 1. The van der Waals surface area contributed by atoms with Crippen LogP contribution in [0.3, 0.4) is 0 Å². The molecule has 2 rings (SSSR count). The third-order valence-electron chi connectivity index (χ3n) is 3.49. The number of nitrogens with two attached hydrogens (primary N) is 1. The van der Waals surface area contributed by atoms with Gasteiger partial charge in [0.15, 0.2) is 0 Å². The fourth-order valence-corrected chi connectivity index (χ4v) is 2.68. The number of benzene rings is 1. The van der Waals surface area contributed by atoms with Crippen LogP contribution in [0.4, 0.5) is 10.1 Å². The molecule has 0 spiro atoms. The van der Waals surface area contributed by atoms with E-state index >= 15 is 0 Å². The Morgan fingerprint density at radius 1 is 1.55 bits per heavy atom. The highest BCUT2D eigenvalue weighted by molar-refractivity contribution is 9.10. The fraction of sp³-hybridized carbons (Fsp3) is 0.500. The summed E-state index contributed by atoms with van der Waals surface area (Å²) < 4.78 is 13.6. The van der Waals surface area contributed by atoms with E-state index in [4.69, 9.17) is 5.73 Å². The molecule has 0 unspecified atom stereocenters. The van der Waals surface area contributed by atoms with Gasteiger partial charge in [0.25, 0.3) is 5.91 Å². The van der Waals surface area contributed by atoms with Crippen LogP contribution in [-0.4, -0.2) is 36.5 Å². The number of likely N-dealkylation sites (N-methyl/N-ethyl adjacent to an activating group) is 1. The van der Waals surface area contributed by atoms with Gasteiger partial charge in [-0.3, -0.25) is 9.69 Å². The SMILES string of the molecule is CCN(CCNC(=O)c1cc(N)c(F)cc1Br)C1CC1. The Balaban J connectivity index is 1.90. The first-order valence-corrected chi connectivity index (χ1v) is 7.59. The third-order valence-corrected chi connectivity index (χ3v) is 4.14. The lowest BCUT2D eigenvalue weighted by molar-refractivity contribution is 0.0947. The molecule has 0 radical (unpaired) electrons. The van der Waals surface area contributed by atoms with Crippen molar-refractivity contribution in [2.45, 2.75) is 25.8 Å². The lowest BCUT2D eigenvalue weighted by Crippen LogP contribution is -2.36. The summed E-state index contributed by atoms with van der Waals surface area (Å²) in [5, 5.41) is 2.85. The van der Waals surface area contributed by atoms with Crippen molar-refractivity contribution in [3.8, 4) is 0 Å². The first-order valence-electron chi connectivity index (χ1n) is 6.79. The maximum atomic E-state index is 13.2. The second-order valence-corrected chi connectivity index (χ2v) is 5.82. The summed E-state index contributed by atoms with van der Waals surface area (Å²) in [6.07, 6.45) is 2.50. The first-order chi connectivity index (χ1) is 9.52. The van der Waals surface area contributed by atoms with E-state index in [9.17, 15) is 9.18 Å². The van der Waals surface area contributed by atoms with Crippen molar-refractivity contribution in [1.29, 1.82) is 0 Å². The van der Waals surface area contributed by atoms with Gasteiger partial charge in [-0.05, 0) is 47.4 Å². The summed E-state index contributed by atoms with van der Waals surface area (Å²) in [4.78, 5) is 14.4. The average molecular weight is 344 g/mol. The highest BCUT2D eigenvalue weighted by Crippen LogP contribution is 2.26. The van der Waals surface area contributed by atoms with Crippen LogP contribution in [0.1, 0.15) is 30.1 Å². The summed E-state index contributed by atoms with van der Waals surface area (Å²) in [6.45, 7) is 4.53. The van der Waals surface area contributed by atoms with Gasteiger partial charge in [0.1, 0.15) is 5.82 Å². The molecule has 1 aromatic rings. The van der Waals surface area contributed by atoms with Crippen molar-refractivity contribution in [1.82, 2.24) is 10.2 Å². The van der Waals surface area contributed by atoms with Gasteiger partial charge in [-0.25, -0.2) is 4.39 Å². The molecule has 3 N–H and O–H groups in total. The highest BCUT2D eigenvalue weighted by atomic mass is 79.9. The van der Waals surface area contributed by atoms with E-state index in [0.717, 1.165) is 13.1 Å². The number of carbonyl (C=O) groups is 1. The van der Waals surface area contributed by atoms with Crippen LogP contribution >= 0.6 is 15.9 Å². The van der Waals surface area contributed by atoms with Crippen LogP contribution in [-0.2, 0) is 0 Å². The lowest BCUT2D eigenvalue weighted by Gasteiger charge is -2.19. The summed E-state index contributed by atoms with van der Waals surface area (Å²) in [7, 11) is 0. The molecule has 0 aliphatic heterocycles. The van der Waals surface area contributed by atoms with Crippen LogP contribution in [0, 0.1) is 5.82 Å². The van der Waals surface area contributed by atoms with Crippen molar-refractivity contribution in [3.05, 3.63) is 28.0 Å². The predicted molar refractivity (Wildman–Crippen MR) is 81.1 cm³/mol. The first kappa shape index (κ1) is 15.3. The largest absolute Gasteiger partial charge is 0.396 e. The quantitative estimate of drug-likeness (QED) is 0.779. The standard InChI is InChI=1S/C14H19BrFN3O/c1-2-19(9-3-4-9)6-5-18-14(20)10-7-13(17)12(16)8-11(10)15/h7-9H,2-6,17H2,1H3,(H,18,20). The maximum absolute atomic E-state index is 13.2. The second-order valence-electron chi connectivity index (χ2n) is 4.97. The molecular formula is C14H19BrFN3O. The van der Waals surface area contributed by atoms with Crippen molar-refractivity contribution in [2.24, 2.45) is 0 Å². The minimum atomic E-state index is -0.528. The minimum absolute atomic E-state index is 0.0217. The number of amides is 1. The molecule has 1 amide bonds. The zero-order chi connectivity index (χ0) is 14.7. The van der Waals surface area contributed by atoms with E-state index in [1.807, 2.05) is 0 Å². The number of hydrogen-bond donors (Lipinski definition) is 2. The minimum Gasteiger partial charge on any atom is -0.396 e. The number of nitrogens with one attached hydrogen (secondary N) is 1. The molecule has 0 aromatic heterocycles. The normalized spacial score (nSPS) is 14.6. The van der Waals surface area contributed by atoms with Gasteiger partial charge in [-0.2, -0.15) is 0 Å². The lowest BCUT2D eigenvalue weighted by atomic mass is 10.2. The van der Waals surface area contributed by atoms with Gasteiger partial charge in [0.05, 0.1) is 11.3 Å². The molecular weight excluding hydrogens is 325 g/mol. The van der Waals surface area contributed by atoms with Crippen LogP contribution in [0.5, 0.6) is 0 Å². The summed E-state index contributed by atoms with van der Waals surface area (Å²) >= 11 is 3.18. The van der Waals surface area contributed by atoms with Gasteiger partial charge < -0.3 is 11.1 Å². The molecule has 110 valence electrons. The molecule has 6 heteroatoms.